The predicted molar refractivity (Wildman–Crippen MR) is 120 cm³/mol. The highest BCUT2D eigenvalue weighted by molar-refractivity contribution is 7.21. The molecule has 0 bridgehead atoms. The van der Waals surface area contributed by atoms with E-state index in [0.29, 0.717) is 21.7 Å². The average Bonchev–Trinajstić information content (AvgIpc) is 3.30. The molecule has 0 aliphatic rings. The minimum atomic E-state index is -0.441. The number of non-ortho nitro benzene ring substituents is 1. The number of nitro groups is 1. The first kappa shape index (κ1) is 20.2. The highest BCUT2D eigenvalue weighted by Gasteiger charge is 2.15. The van der Waals surface area contributed by atoms with Crippen molar-refractivity contribution >= 4 is 54.6 Å². The van der Waals surface area contributed by atoms with Crippen LogP contribution in [0.3, 0.4) is 0 Å². The van der Waals surface area contributed by atoms with Crippen LogP contribution in [0.15, 0.2) is 47.5 Å². The minimum Gasteiger partial charge on any atom is -0.492 e. The van der Waals surface area contributed by atoms with Gasteiger partial charge in [-0.3, -0.25) is 14.9 Å². The maximum Gasteiger partial charge on any atom is 0.289 e. The molecule has 0 saturated carbocycles. The summed E-state index contributed by atoms with van der Waals surface area (Å²) in [5.41, 5.74) is 0.953. The van der Waals surface area contributed by atoms with Crippen LogP contribution in [-0.4, -0.2) is 22.0 Å². The third-order valence-electron chi connectivity index (χ3n) is 4.53. The lowest BCUT2D eigenvalue weighted by molar-refractivity contribution is -0.384. The number of hydrogen-bond donors (Lipinski definition) is 0. The van der Waals surface area contributed by atoms with Crippen LogP contribution < -0.4 is 9.54 Å². The predicted octanol–water partition coefficient (Wildman–Crippen LogP) is 5.38. The Morgan fingerprint density at radius 3 is 2.73 bits per heavy atom. The SMILES string of the molecule is CCCn1c(=NC(=O)c2cc3cc([N+](=O)[O-])ccc3s2)sc2cccc(OCC)c21. The minimum absolute atomic E-state index is 0.00462. The van der Waals surface area contributed by atoms with Crippen LogP contribution in [0.5, 0.6) is 5.75 Å². The zero-order chi connectivity index (χ0) is 21.3. The topological polar surface area (TPSA) is 86.7 Å². The van der Waals surface area contributed by atoms with Crippen LogP contribution in [0.1, 0.15) is 29.9 Å². The van der Waals surface area contributed by atoms with E-state index in [0.717, 1.165) is 33.6 Å². The van der Waals surface area contributed by atoms with Gasteiger partial charge in [0.2, 0.25) is 0 Å². The van der Waals surface area contributed by atoms with E-state index in [-0.39, 0.29) is 11.6 Å². The molecule has 30 heavy (non-hydrogen) atoms. The number of nitrogens with zero attached hydrogens (tertiary/aromatic N) is 3. The third-order valence-corrected chi connectivity index (χ3v) is 6.68. The van der Waals surface area contributed by atoms with E-state index in [9.17, 15) is 14.9 Å². The first-order chi connectivity index (χ1) is 14.5. The van der Waals surface area contributed by atoms with Crippen LogP contribution in [0.2, 0.25) is 0 Å². The Labute approximate surface area is 180 Å². The Balaban J connectivity index is 1.81. The van der Waals surface area contributed by atoms with E-state index < -0.39 is 4.92 Å². The number of hydrogen-bond acceptors (Lipinski definition) is 6. The molecule has 2 heterocycles. The molecule has 2 aromatic carbocycles. The van der Waals surface area contributed by atoms with E-state index >= 15 is 0 Å². The molecule has 0 unspecified atom stereocenters. The molecule has 0 aliphatic heterocycles. The number of aromatic nitrogens is 1. The Morgan fingerprint density at radius 1 is 1.17 bits per heavy atom. The fourth-order valence-electron chi connectivity index (χ4n) is 3.28. The normalized spacial score (nSPS) is 12.0. The van der Waals surface area contributed by atoms with Crippen molar-refractivity contribution in [1.29, 1.82) is 0 Å². The van der Waals surface area contributed by atoms with E-state index in [1.165, 1.54) is 34.8 Å². The smallest absolute Gasteiger partial charge is 0.289 e. The van der Waals surface area contributed by atoms with Crippen molar-refractivity contribution in [3.05, 3.63) is 62.3 Å². The molecule has 0 radical (unpaired) electrons. The van der Waals surface area contributed by atoms with Gasteiger partial charge in [-0.1, -0.05) is 24.3 Å². The quantitative estimate of drug-likeness (QED) is 0.297. The maximum atomic E-state index is 12.9. The summed E-state index contributed by atoms with van der Waals surface area (Å²) in [4.78, 5) is 28.9. The Hall–Kier alpha value is -3.04. The van der Waals surface area contributed by atoms with Crippen molar-refractivity contribution in [2.75, 3.05) is 6.61 Å². The fourth-order valence-corrected chi connectivity index (χ4v) is 5.28. The summed E-state index contributed by atoms with van der Waals surface area (Å²) in [7, 11) is 0. The molecule has 7 nitrogen and oxygen atoms in total. The van der Waals surface area contributed by atoms with Crippen LogP contribution in [0.25, 0.3) is 20.3 Å². The molecule has 1 amide bonds. The summed E-state index contributed by atoms with van der Waals surface area (Å²) in [5, 5.41) is 11.7. The average molecular weight is 442 g/mol. The molecule has 0 fully saturated rings. The maximum absolute atomic E-state index is 12.9. The number of rotatable bonds is 6. The zero-order valence-corrected chi connectivity index (χ0v) is 18.1. The molecular weight excluding hydrogens is 422 g/mol. The van der Waals surface area contributed by atoms with Gasteiger partial charge in [-0.05, 0) is 37.6 Å². The number of benzene rings is 2. The van der Waals surface area contributed by atoms with Gasteiger partial charge in [0.1, 0.15) is 11.3 Å². The van der Waals surface area contributed by atoms with Gasteiger partial charge < -0.3 is 9.30 Å². The van der Waals surface area contributed by atoms with Gasteiger partial charge >= 0.3 is 0 Å². The van der Waals surface area contributed by atoms with Crippen molar-refractivity contribution in [2.45, 2.75) is 26.8 Å². The zero-order valence-electron chi connectivity index (χ0n) is 16.5. The monoisotopic (exact) mass is 441 g/mol. The van der Waals surface area contributed by atoms with Gasteiger partial charge in [0, 0.05) is 28.8 Å². The highest BCUT2D eigenvalue weighted by atomic mass is 32.1. The molecule has 0 spiro atoms. The standard InChI is InChI=1S/C21H19N3O4S2/c1-3-10-23-19-15(28-4-2)6-5-7-17(19)30-21(23)22-20(25)18-12-13-11-14(24(26)27)8-9-16(13)29-18/h5-9,11-12H,3-4,10H2,1-2H3. The summed E-state index contributed by atoms with van der Waals surface area (Å²) in [5.74, 6) is 0.427. The molecular formula is C21H19N3O4S2. The lowest BCUT2D eigenvalue weighted by Gasteiger charge is -2.08. The van der Waals surface area contributed by atoms with Crippen molar-refractivity contribution in [3.8, 4) is 5.75 Å². The second kappa shape index (κ2) is 8.37. The van der Waals surface area contributed by atoms with Crippen molar-refractivity contribution in [3.63, 3.8) is 0 Å². The number of ether oxygens (including phenoxy) is 1. The molecule has 4 rings (SSSR count). The summed E-state index contributed by atoms with van der Waals surface area (Å²) in [6, 6.07) is 12.1. The van der Waals surface area contributed by atoms with E-state index in [1.807, 2.05) is 29.7 Å². The molecule has 154 valence electrons. The van der Waals surface area contributed by atoms with Gasteiger partial charge in [-0.25, -0.2) is 0 Å². The van der Waals surface area contributed by atoms with Gasteiger partial charge in [-0.2, -0.15) is 4.99 Å². The van der Waals surface area contributed by atoms with E-state index in [4.69, 9.17) is 4.74 Å². The van der Waals surface area contributed by atoms with Crippen LogP contribution in [0, 0.1) is 10.1 Å². The number of carbonyl (C=O) groups excluding carboxylic acids is 1. The molecule has 0 atom stereocenters. The first-order valence-corrected chi connectivity index (χ1v) is 11.2. The van der Waals surface area contributed by atoms with Crippen LogP contribution in [-0.2, 0) is 6.54 Å². The Morgan fingerprint density at radius 2 is 2.00 bits per heavy atom. The summed E-state index contributed by atoms with van der Waals surface area (Å²) in [6.07, 6.45) is 0.889. The molecule has 0 aliphatic carbocycles. The summed E-state index contributed by atoms with van der Waals surface area (Å²) in [6.45, 7) is 5.29. The van der Waals surface area contributed by atoms with Gasteiger partial charge in [0.15, 0.2) is 4.80 Å². The van der Waals surface area contributed by atoms with Crippen molar-refractivity contribution in [2.24, 2.45) is 4.99 Å². The fraction of sp³-hybridized carbons (Fsp3) is 0.238. The number of carbonyl (C=O) groups is 1. The summed E-state index contributed by atoms with van der Waals surface area (Å²) >= 11 is 2.74. The highest BCUT2D eigenvalue weighted by Crippen LogP contribution is 2.30. The second-order valence-corrected chi connectivity index (χ2v) is 8.67. The van der Waals surface area contributed by atoms with Gasteiger partial charge in [0.25, 0.3) is 11.6 Å². The molecule has 0 N–H and O–H groups in total. The molecule has 2 aromatic heterocycles. The number of thiazole rings is 1. The number of fused-ring (bicyclic) bond motifs is 2. The van der Waals surface area contributed by atoms with E-state index in [1.54, 1.807) is 12.1 Å². The Bertz CT molecular complexity index is 1330. The number of aryl methyl sites for hydroxylation is 1. The number of thiophene rings is 1. The van der Waals surface area contributed by atoms with Gasteiger partial charge in [0.05, 0.1) is 21.1 Å². The lowest BCUT2D eigenvalue weighted by Crippen LogP contribution is -2.17. The first-order valence-electron chi connectivity index (χ1n) is 9.54. The van der Waals surface area contributed by atoms with Crippen molar-refractivity contribution < 1.29 is 14.5 Å². The molecule has 9 heteroatoms. The number of nitro benzene ring substituents is 1. The van der Waals surface area contributed by atoms with Crippen LogP contribution >= 0.6 is 22.7 Å². The number of amides is 1. The lowest BCUT2D eigenvalue weighted by atomic mass is 10.2. The largest absolute Gasteiger partial charge is 0.492 e. The molecule has 0 saturated heterocycles. The van der Waals surface area contributed by atoms with Gasteiger partial charge in [-0.15, -0.1) is 11.3 Å². The van der Waals surface area contributed by atoms with E-state index in [2.05, 4.69) is 11.9 Å². The second-order valence-electron chi connectivity index (χ2n) is 6.58. The van der Waals surface area contributed by atoms with Crippen LogP contribution in [0.4, 0.5) is 5.69 Å². The Kier molecular flexibility index (Phi) is 5.65. The summed E-state index contributed by atoms with van der Waals surface area (Å²) < 4.78 is 9.64. The third kappa shape index (κ3) is 3.73. The van der Waals surface area contributed by atoms with Crippen molar-refractivity contribution in [1.82, 2.24) is 4.57 Å². The number of para-hydroxylation sites is 1. The molecule has 4 aromatic rings.